The lowest BCUT2D eigenvalue weighted by Gasteiger charge is -2.22. The summed E-state index contributed by atoms with van der Waals surface area (Å²) >= 11 is 0. The zero-order chi connectivity index (χ0) is 7.68. The van der Waals surface area contributed by atoms with Crippen LogP contribution in [0.3, 0.4) is 0 Å². The number of hydrogen-bond acceptors (Lipinski definition) is 0. The van der Waals surface area contributed by atoms with Gasteiger partial charge in [0, 0.05) is 0 Å². The summed E-state index contributed by atoms with van der Waals surface area (Å²) in [7, 11) is 1.91. The molecule has 1 atom stereocenters. The summed E-state index contributed by atoms with van der Waals surface area (Å²) in [6.07, 6.45) is 2.41. The molecule has 0 bridgehead atoms. The molecule has 1 aliphatic carbocycles. The summed E-state index contributed by atoms with van der Waals surface area (Å²) in [5.41, 5.74) is 2.93. The van der Waals surface area contributed by atoms with Gasteiger partial charge in [-0.3, -0.25) is 0 Å². The molecule has 0 aliphatic heterocycles. The topological polar surface area (TPSA) is 14.1 Å². The molecule has 0 unspecified atom stereocenters. The molecule has 0 saturated heterocycles. The first kappa shape index (κ1) is 6.86. The van der Waals surface area contributed by atoms with E-state index in [1.165, 1.54) is 24.0 Å². The molecule has 0 heterocycles. The van der Waals surface area contributed by atoms with E-state index in [9.17, 15) is 0 Å². The van der Waals surface area contributed by atoms with Crippen molar-refractivity contribution in [2.45, 2.75) is 18.9 Å². The molecular formula is C10H12N-. The average Bonchev–Trinajstić information content (AvgIpc) is 2.47. The average molecular weight is 146 g/mol. The minimum atomic E-state index is 0.478. The molecule has 1 aliphatic rings. The van der Waals surface area contributed by atoms with Crippen molar-refractivity contribution in [2.24, 2.45) is 0 Å². The summed E-state index contributed by atoms with van der Waals surface area (Å²) in [5, 5.41) is 4.33. The van der Waals surface area contributed by atoms with Crippen molar-refractivity contribution < 1.29 is 0 Å². The fraction of sp³-hybridized carbons (Fsp3) is 0.400. The van der Waals surface area contributed by atoms with E-state index >= 15 is 0 Å². The Labute approximate surface area is 67.4 Å². The second kappa shape index (κ2) is 2.67. The van der Waals surface area contributed by atoms with Crippen molar-refractivity contribution >= 4 is 0 Å². The van der Waals surface area contributed by atoms with Gasteiger partial charge in [-0.05, 0) is 12.0 Å². The van der Waals surface area contributed by atoms with Crippen LogP contribution in [0.2, 0.25) is 0 Å². The molecule has 0 aromatic heterocycles. The molecule has 0 spiro atoms. The Balaban J connectivity index is 2.39. The van der Waals surface area contributed by atoms with E-state index in [1.807, 2.05) is 7.05 Å². The van der Waals surface area contributed by atoms with Crippen molar-refractivity contribution in [3.05, 3.63) is 40.7 Å². The van der Waals surface area contributed by atoms with Crippen molar-refractivity contribution in [3.8, 4) is 0 Å². The maximum Gasteiger partial charge on any atom is -0.0287 e. The third-order valence-corrected chi connectivity index (χ3v) is 2.41. The first-order chi connectivity index (χ1) is 5.42. The third kappa shape index (κ3) is 1.05. The minimum Gasteiger partial charge on any atom is -0.658 e. The predicted octanol–water partition coefficient (Wildman–Crippen LogP) is 2.68. The summed E-state index contributed by atoms with van der Waals surface area (Å²) in [6, 6.07) is 9.09. The minimum absolute atomic E-state index is 0.478. The molecular weight excluding hydrogens is 134 g/mol. The van der Waals surface area contributed by atoms with Crippen molar-refractivity contribution in [2.75, 3.05) is 7.05 Å². The van der Waals surface area contributed by atoms with Crippen molar-refractivity contribution in [1.82, 2.24) is 0 Å². The van der Waals surface area contributed by atoms with Gasteiger partial charge in [0.1, 0.15) is 0 Å². The number of fused-ring (bicyclic) bond motifs is 1. The largest absolute Gasteiger partial charge is 0.658 e. The normalized spacial score (nSPS) is 21.7. The highest BCUT2D eigenvalue weighted by atomic mass is 14.9. The molecule has 0 fully saturated rings. The highest BCUT2D eigenvalue weighted by Gasteiger charge is 2.12. The van der Waals surface area contributed by atoms with Crippen LogP contribution in [0.15, 0.2) is 24.3 Å². The molecule has 0 saturated carbocycles. The van der Waals surface area contributed by atoms with E-state index in [0.717, 1.165) is 0 Å². The van der Waals surface area contributed by atoms with Gasteiger partial charge in [0.2, 0.25) is 0 Å². The quantitative estimate of drug-likeness (QED) is 0.578. The Kier molecular flexibility index (Phi) is 1.66. The maximum atomic E-state index is 4.33. The number of benzene rings is 1. The Hall–Kier alpha value is -0.820. The van der Waals surface area contributed by atoms with Crippen LogP contribution in [0.1, 0.15) is 23.6 Å². The number of nitrogens with zero attached hydrogens (tertiary/aromatic N) is 1. The Bertz CT molecular complexity index is 255. The maximum absolute atomic E-state index is 4.33. The number of hydrogen-bond donors (Lipinski definition) is 0. The number of aryl methyl sites for hydroxylation is 1. The van der Waals surface area contributed by atoms with Gasteiger partial charge in [0.25, 0.3) is 0 Å². The van der Waals surface area contributed by atoms with Crippen LogP contribution in [0.4, 0.5) is 0 Å². The van der Waals surface area contributed by atoms with Gasteiger partial charge in [-0.15, -0.1) is 6.04 Å². The lowest BCUT2D eigenvalue weighted by atomic mass is 10.1. The van der Waals surface area contributed by atoms with Gasteiger partial charge in [0.15, 0.2) is 0 Å². The molecule has 0 N–H and O–H groups in total. The molecule has 1 nitrogen and oxygen atoms in total. The van der Waals surface area contributed by atoms with E-state index in [4.69, 9.17) is 0 Å². The van der Waals surface area contributed by atoms with Gasteiger partial charge in [-0.25, -0.2) is 0 Å². The van der Waals surface area contributed by atoms with E-state index in [1.54, 1.807) is 0 Å². The van der Waals surface area contributed by atoms with Gasteiger partial charge in [-0.2, -0.15) is 7.05 Å². The molecule has 0 amide bonds. The van der Waals surface area contributed by atoms with E-state index in [2.05, 4.69) is 29.6 Å². The van der Waals surface area contributed by atoms with Gasteiger partial charge >= 0.3 is 0 Å². The van der Waals surface area contributed by atoms with Crippen LogP contribution in [0.25, 0.3) is 5.32 Å². The predicted molar refractivity (Wildman–Crippen MR) is 46.8 cm³/mol. The van der Waals surface area contributed by atoms with E-state index < -0.39 is 0 Å². The van der Waals surface area contributed by atoms with Gasteiger partial charge in [-0.1, -0.05) is 36.2 Å². The van der Waals surface area contributed by atoms with Crippen LogP contribution >= 0.6 is 0 Å². The molecule has 1 aromatic carbocycles. The smallest absolute Gasteiger partial charge is 0.0287 e. The summed E-state index contributed by atoms with van der Waals surface area (Å²) < 4.78 is 0. The van der Waals surface area contributed by atoms with Crippen LogP contribution in [-0.2, 0) is 6.42 Å². The zero-order valence-electron chi connectivity index (χ0n) is 6.75. The van der Waals surface area contributed by atoms with Crippen LogP contribution in [0, 0.1) is 0 Å². The summed E-state index contributed by atoms with van der Waals surface area (Å²) in [5.74, 6) is 0. The molecule has 11 heavy (non-hydrogen) atoms. The Morgan fingerprint density at radius 1 is 1.36 bits per heavy atom. The fourth-order valence-corrected chi connectivity index (χ4v) is 1.80. The second-order valence-corrected chi connectivity index (χ2v) is 3.01. The Morgan fingerprint density at radius 3 is 3.00 bits per heavy atom. The SMILES string of the molecule is C[N-][C@H]1CCc2ccccc21. The van der Waals surface area contributed by atoms with Gasteiger partial charge in [0.05, 0.1) is 0 Å². The molecule has 2 rings (SSSR count). The molecule has 1 heteroatoms. The van der Waals surface area contributed by atoms with Crippen LogP contribution in [0.5, 0.6) is 0 Å². The highest BCUT2D eigenvalue weighted by Crippen LogP contribution is 2.35. The van der Waals surface area contributed by atoms with Crippen LogP contribution < -0.4 is 0 Å². The zero-order valence-corrected chi connectivity index (χ0v) is 6.75. The highest BCUT2D eigenvalue weighted by molar-refractivity contribution is 5.36. The lowest BCUT2D eigenvalue weighted by Crippen LogP contribution is -1.88. The summed E-state index contributed by atoms with van der Waals surface area (Å²) in [4.78, 5) is 0. The molecule has 0 radical (unpaired) electrons. The van der Waals surface area contributed by atoms with E-state index in [-0.39, 0.29) is 0 Å². The van der Waals surface area contributed by atoms with Gasteiger partial charge < -0.3 is 5.32 Å². The van der Waals surface area contributed by atoms with E-state index in [0.29, 0.717) is 6.04 Å². The second-order valence-electron chi connectivity index (χ2n) is 3.01. The lowest BCUT2D eigenvalue weighted by molar-refractivity contribution is 0.783. The molecule has 58 valence electrons. The summed E-state index contributed by atoms with van der Waals surface area (Å²) in [6.45, 7) is 0. The standard InChI is InChI=1S/C10H12N/c1-11-10-7-6-8-4-2-3-5-9(8)10/h2-5,10H,6-7H2,1H3/q-1/t10-/m0/s1. The number of rotatable bonds is 1. The fourth-order valence-electron chi connectivity index (χ4n) is 1.80. The molecule has 1 aromatic rings. The first-order valence-electron chi connectivity index (χ1n) is 4.08. The first-order valence-corrected chi connectivity index (χ1v) is 4.08. The Morgan fingerprint density at radius 2 is 2.18 bits per heavy atom. The van der Waals surface area contributed by atoms with Crippen molar-refractivity contribution in [1.29, 1.82) is 0 Å². The van der Waals surface area contributed by atoms with Crippen LogP contribution in [-0.4, -0.2) is 7.05 Å². The third-order valence-electron chi connectivity index (χ3n) is 2.41. The van der Waals surface area contributed by atoms with Crippen molar-refractivity contribution in [3.63, 3.8) is 0 Å². The monoisotopic (exact) mass is 146 g/mol.